The van der Waals surface area contributed by atoms with Crippen LogP contribution in [-0.2, 0) is 57.0 Å². The third-order valence-corrected chi connectivity index (χ3v) is 5.94. The quantitative estimate of drug-likeness (QED) is 0.475. The van der Waals surface area contributed by atoms with Crippen LogP contribution in [0.3, 0.4) is 0 Å². The van der Waals surface area contributed by atoms with E-state index >= 15 is 0 Å². The molecule has 6 aliphatic heterocycles. The van der Waals surface area contributed by atoms with Gasteiger partial charge in [-0.3, -0.25) is 4.79 Å². The summed E-state index contributed by atoms with van der Waals surface area (Å²) in [6.07, 6.45) is -2.96. The standard InChI is InChI=1S/C9H14O5.C7H12O4.C7H10O4/c1-5(10)12-8-7-6(4-11-8)13-9(2,3)14-7;2*1-7(2)10-4-3-9-6(8)5(4)11-7/h6-8H,4H2,1-3H3;4-6,8H,3H2,1-2H3;4-5H,3H2,1-2H3/t6-,7?,8?;4-,5?,6+;4-,5?/m000/s1. The van der Waals surface area contributed by atoms with Crippen molar-refractivity contribution in [3.8, 4) is 0 Å². The van der Waals surface area contributed by atoms with Gasteiger partial charge in [-0.25, -0.2) is 4.79 Å². The van der Waals surface area contributed by atoms with Gasteiger partial charge in [0.25, 0.3) is 0 Å². The van der Waals surface area contributed by atoms with Gasteiger partial charge in [-0.15, -0.1) is 0 Å². The SMILES string of the molecule is CC(=O)OC1OC[C@@H]2OC(C)(C)OC12.CC1(C)OC2C(=O)OC[C@@H]2O1.CC1(C)OC2[C@H](O)OC[C@@H]2O1. The van der Waals surface area contributed by atoms with Gasteiger partial charge in [0.2, 0.25) is 6.29 Å². The van der Waals surface area contributed by atoms with Gasteiger partial charge >= 0.3 is 11.9 Å². The summed E-state index contributed by atoms with van der Waals surface area (Å²) < 4.78 is 52.4. The first kappa shape index (κ1) is 27.6. The third kappa shape index (κ3) is 6.34. The second-order valence-electron chi connectivity index (χ2n) is 10.5. The maximum Gasteiger partial charge on any atom is 0.338 e. The summed E-state index contributed by atoms with van der Waals surface area (Å²) in [5.41, 5.74) is 0. The predicted molar refractivity (Wildman–Crippen MR) is 116 cm³/mol. The van der Waals surface area contributed by atoms with Crippen LogP contribution in [0.1, 0.15) is 48.5 Å². The summed E-state index contributed by atoms with van der Waals surface area (Å²) in [4.78, 5) is 21.7. The molecular weight excluding hydrogens is 484 g/mol. The first-order valence-corrected chi connectivity index (χ1v) is 12.0. The van der Waals surface area contributed by atoms with Crippen molar-refractivity contribution in [2.24, 2.45) is 0 Å². The number of hydrogen-bond acceptors (Lipinski definition) is 13. The lowest BCUT2D eigenvalue weighted by Crippen LogP contribution is -2.32. The highest BCUT2D eigenvalue weighted by Crippen LogP contribution is 2.36. The molecular formula is C23H36O13. The first-order valence-electron chi connectivity index (χ1n) is 12.0. The minimum Gasteiger partial charge on any atom is -0.461 e. The molecule has 6 rings (SSSR count). The van der Waals surface area contributed by atoms with Gasteiger partial charge in [-0.2, -0.15) is 0 Å². The molecule has 6 aliphatic rings. The monoisotopic (exact) mass is 520 g/mol. The minimum absolute atomic E-state index is 0.0972. The second kappa shape index (κ2) is 10.0. The number of rotatable bonds is 1. The Balaban J connectivity index is 0.000000128. The average Bonchev–Trinajstić information content (AvgIpc) is 3.54. The fourth-order valence-electron chi connectivity index (χ4n) is 4.70. The maximum atomic E-state index is 10.9. The Morgan fingerprint density at radius 1 is 0.778 bits per heavy atom. The number of carbonyl (C=O) groups is 2. The molecule has 8 atom stereocenters. The van der Waals surface area contributed by atoms with E-state index in [2.05, 4.69) is 0 Å². The van der Waals surface area contributed by atoms with Gasteiger partial charge in [0, 0.05) is 6.92 Å². The Kier molecular flexibility index (Phi) is 7.70. The Morgan fingerprint density at radius 2 is 1.31 bits per heavy atom. The van der Waals surface area contributed by atoms with Crippen molar-refractivity contribution >= 4 is 11.9 Å². The molecule has 6 fully saturated rings. The van der Waals surface area contributed by atoms with E-state index in [0.29, 0.717) is 19.8 Å². The smallest absolute Gasteiger partial charge is 0.338 e. The van der Waals surface area contributed by atoms with Crippen LogP contribution in [0.5, 0.6) is 0 Å². The number of fused-ring (bicyclic) bond motifs is 3. The molecule has 4 unspecified atom stereocenters. The van der Waals surface area contributed by atoms with Crippen molar-refractivity contribution < 1.29 is 62.1 Å². The van der Waals surface area contributed by atoms with Gasteiger partial charge in [0.15, 0.2) is 35.9 Å². The molecule has 0 amide bonds. The van der Waals surface area contributed by atoms with Gasteiger partial charge < -0.3 is 52.5 Å². The zero-order valence-electron chi connectivity index (χ0n) is 21.6. The molecule has 0 saturated carbocycles. The molecule has 0 radical (unpaired) electrons. The van der Waals surface area contributed by atoms with E-state index < -0.39 is 36.0 Å². The number of esters is 2. The van der Waals surface area contributed by atoms with Crippen molar-refractivity contribution in [3.05, 3.63) is 0 Å². The van der Waals surface area contributed by atoms with Crippen molar-refractivity contribution in [2.75, 3.05) is 19.8 Å². The zero-order chi connectivity index (χ0) is 26.5. The lowest BCUT2D eigenvalue weighted by atomic mass is 10.2. The van der Waals surface area contributed by atoms with Crippen LogP contribution < -0.4 is 0 Å². The van der Waals surface area contributed by atoms with Gasteiger partial charge in [-0.1, -0.05) is 0 Å². The molecule has 13 nitrogen and oxygen atoms in total. The number of aliphatic hydroxyl groups excluding tert-OH is 1. The highest BCUT2D eigenvalue weighted by molar-refractivity contribution is 5.78. The molecule has 0 aromatic heterocycles. The summed E-state index contributed by atoms with van der Waals surface area (Å²) in [5, 5.41) is 9.20. The number of carbonyl (C=O) groups excluding carboxylic acids is 2. The van der Waals surface area contributed by atoms with E-state index in [9.17, 15) is 14.7 Å². The number of cyclic esters (lactones) is 1. The van der Waals surface area contributed by atoms with Crippen LogP contribution >= 0.6 is 0 Å². The fraction of sp³-hybridized carbons (Fsp3) is 0.913. The molecule has 6 saturated heterocycles. The minimum atomic E-state index is -0.818. The molecule has 0 bridgehead atoms. The topological polar surface area (TPSA) is 147 Å². The number of ether oxygens (including phenoxy) is 10. The third-order valence-electron chi connectivity index (χ3n) is 5.94. The van der Waals surface area contributed by atoms with Crippen LogP contribution in [0, 0.1) is 0 Å². The van der Waals surface area contributed by atoms with Crippen LogP contribution in [0.2, 0.25) is 0 Å². The summed E-state index contributed by atoms with van der Waals surface area (Å²) in [6.45, 7) is 13.4. The Bertz CT molecular complexity index is 827. The predicted octanol–water partition coefficient (Wildman–Crippen LogP) is 0.344. The van der Waals surface area contributed by atoms with Crippen molar-refractivity contribution in [2.45, 2.75) is 115 Å². The number of aliphatic hydroxyl groups is 1. The van der Waals surface area contributed by atoms with E-state index in [4.69, 9.17) is 47.4 Å². The van der Waals surface area contributed by atoms with E-state index in [-0.39, 0.29) is 42.5 Å². The first-order chi connectivity index (χ1) is 16.6. The summed E-state index contributed by atoms with van der Waals surface area (Å²) >= 11 is 0. The van der Waals surface area contributed by atoms with Gasteiger partial charge in [0.1, 0.15) is 31.0 Å². The highest BCUT2D eigenvalue weighted by atomic mass is 16.8. The Morgan fingerprint density at radius 3 is 1.89 bits per heavy atom. The summed E-state index contributed by atoms with van der Waals surface area (Å²) in [7, 11) is 0. The maximum absolute atomic E-state index is 10.9. The molecule has 36 heavy (non-hydrogen) atoms. The van der Waals surface area contributed by atoms with E-state index in [1.165, 1.54) is 6.92 Å². The second-order valence-corrected chi connectivity index (χ2v) is 10.5. The van der Waals surface area contributed by atoms with E-state index in [0.717, 1.165) is 0 Å². The molecule has 0 spiro atoms. The van der Waals surface area contributed by atoms with Crippen LogP contribution in [0.4, 0.5) is 0 Å². The van der Waals surface area contributed by atoms with Crippen molar-refractivity contribution in [3.63, 3.8) is 0 Å². The molecule has 0 aromatic rings. The average molecular weight is 521 g/mol. The lowest BCUT2D eigenvalue weighted by molar-refractivity contribution is -0.218. The zero-order valence-corrected chi connectivity index (χ0v) is 21.6. The lowest BCUT2D eigenvalue weighted by Gasteiger charge is -2.21. The van der Waals surface area contributed by atoms with Gasteiger partial charge in [-0.05, 0) is 41.5 Å². The van der Waals surface area contributed by atoms with E-state index in [1.54, 1.807) is 13.8 Å². The van der Waals surface area contributed by atoms with Crippen LogP contribution in [-0.4, -0.2) is 103 Å². The summed E-state index contributed by atoms with van der Waals surface area (Å²) in [6, 6.07) is 0. The largest absolute Gasteiger partial charge is 0.461 e. The fourth-order valence-corrected chi connectivity index (χ4v) is 4.70. The van der Waals surface area contributed by atoms with Crippen molar-refractivity contribution in [1.82, 2.24) is 0 Å². The van der Waals surface area contributed by atoms with Gasteiger partial charge in [0.05, 0.1) is 13.2 Å². The normalized spacial score (nSPS) is 42.3. The van der Waals surface area contributed by atoms with Crippen LogP contribution in [0.15, 0.2) is 0 Å². The highest BCUT2D eigenvalue weighted by Gasteiger charge is 2.52. The van der Waals surface area contributed by atoms with Crippen molar-refractivity contribution in [1.29, 1.82) is 0 Å². The Labute approximate surface area is 209 Å². The van der Waals surface area contributed by atoms with E-state index in [1.807, 2.05) is 27.7 Å². The summed E-state index contributed by atoms with van der Waals surface area (Å²) in [5.74, 6) is -2.49. The molecule has 13 heteroatoms. The van der Waals surface area contributed by atoms with Crippen LogP contribution in [0.25, 0.3) is 0 Å². The molecule has 0 aliphatic carbocycles. The molecule has 1 N–H and O–H groups in total. The molecule has 0 aromatic carbocycles. The number of hydrogen-bond donors (Lipinski definition) is 1. The molecule has 6 heterocycles. The Hall–Kier alpha value is -1.42. The molecule has 206 valence electrons.